The summed E-state index contributed by atoms with van der Waals surface area (Å²) in [6, 6.07) is 15.0. The summed E-state index contributed by atoms with van der Waals surface area (Å²) in [6.07, 6.45) is 3.60. The molecule has 0 spiro atoms. The third-order valence-corrected chi connectivity index (χ3v) is 5.34. The second kappa shape index (κ2) is 4.54. The van der Waals surface area contributed by atoms with Crippen LogP contribution in [-0.2, 0) is 0 Å². The van der Waals surface area contributed by atoms with Gasteiger partial charge in [0.1, 0.15) is 0 Å². The zero-order valence-electron chi connectivity index (χ0n) is 12.1. The lowest BCUT2D eigenvalue weighted by atomic mass is 10.0. The first kappa shape index (κ1) is 12.6. The zero-order chi connectivity index (χ0) is 15.4. The van der Waals surface area contributed by atoms with Crippen LogP contribution in [0.3, 0.4) is 0 Å². The van der Waals surface area contributed by atoms with Gasteiger partial charge in [0.05, 0.1) is 17.1 Å². The first-order chi connectivity index (χ1) is 11.3. The number of hydrogen-bond acceptors (Lipinski definition) is 4. The SMILES string of the molecule is Nc1n[nH]c2cncc(-c3ccc4sc5ccccc5c4c3)c12. The first-order valence-corrected chi connectivity index (χ1v) is 8.12. The molecular formula is C18H12N4S. The summed E-state index contributed by atoms with van der Waals surface area (Å²) >= 11 is 1.82. The van der Waals surface area contributed by atoms with Gasteiger partial charge in [-0.05, 0) is 23.8 Å². The molecule has 0 radical (unpaired) electrons. The normalized spacial score (nSPS) is 11.7. The summed E-state index contributed by atoms with van der Waals surface area (Å²) in [5.74, 6) is 0.507. The summed E-state index contributed by atoms with van der Waals surface area (Å²) in [6.45, 7) is 0. The molecule has 5 aromatic rings. The Morgan fingerprint density at radius 3 is 2.78 bits per heavy atom. The molecule has 0 saturated heterocycles. The van der Waals surface area contributed by atoms with Crippen LogP contribution in [0.2, 0.25) is 0 Å². The molecule has 3 heterocycles. The van der Waals surface area contributed by atoms with E-state index in [9.17, 15) is 0 Å². The van der Waals surface area contributed by atoms with E-state index in [1.807, 2.05) is 17.5 Å². The standard InChI is InChI=1S/C18H12N4S/c19-18-17-13(8-20-9-14(17)21-22-18)10-5-6-16-12(7-10)11-3-1-2-4-15(11)23-16/h1-9H,(H3,19,21,22). The molecule has 3 aromatic heterocycles. The maximum absolute atomic E-state index is 6.03. The Morgan fingerprint density at radius 2 is 1.83 bits per heavy atom. The Kier molecular flexibility index (Phi) is 2.49. The van der Waals surface area contributed by atoms with Gasteiger partial charge in [-0.2, -0.15) is 5.10 Å². The van der Waals surface area contributed by atoms with Gasteiger partial charge in [0.25, 0.3) is 0 Å². The van der Waals surface area contributed by atoms with Crippen LogP contribution in [0.5, 0.6) is 0 Å². The maximum Gasteiger partial charge on any atom is 0.153 e. The van der Waals surface area contributed by atoms with E-state index in [-0.39, 0.29) is 0 Å². The lowest BCUT2D eigenvalue weighted by Crippen LogP contribution is -1.87. The number of H-pyrrole nitrogens is 1. The Hall–Kier alpha value is -2.92. The number of nitrogens with zero attached hydrogens (tertiary/aromatic N) is 2. The van der Waals surface area contributed by atoms with E-state index in [0.29, 0.717) is 5.82 Å². The topological polar surface area (TPSA) is 67.6 Å². The molecule has 0 atom stereocenters. The van der Waals surface area contributed by atoms with Gasteiger partial charge in [-0.25, -0.2) is 0 Å². The number of nitrogens with two attached hydrogens (primary N) is 1. The lowest BCUT2D eigenvalue weighted by molar-refractivity contribution is 1.12. The molecule has 0 unspecified atom stereocenters. The number of pyridine rings is 1. The molecule has 0 aliphatic rings. The predicted octanol–water partition coefficient (Wildman–Crippen LogP) is 4.58. The number of aromatic nitrogens is 3. The van der Waals surface area contributed by atoms with Crippen molar-refractivity contribution in [1.29, 1.82) is 0 Å². The molecule has 4 nitrogen and oxygen atoms in total. The van der Waals surface area contributed by atoms with E-state index in [1.54, 1.807) is 6.20 Å². The predicted molar refractivity (Wildman–Crippen MR) is 96.6 cm³/mol. The summed E-state index contributed by atoms with van der Waals surface area (Å²) in [4.78, 5) is 4.31. The maximum atomic E-state index is 6.03. The van der Waals surface area contributed by atoms with Crippen LogP contribution < -0.4 is 5.73 Å². The number of hydrogen-bond donors (Lipinski definition) is 2. The molecule has 0 amide bonds. The molecule has 0 aliphatic heterocycles. The third kappa shape index (κ3) is 1.77. The third-order valence-electron chi connectivity index (χ3n) is 4.19. The summed E-state index contributed by atoms with van der Waals surface area (Å²) < 4.78 is 2.59. The average Bonchev–Trinajstić information content (AvgIpc) is 3.15. The fourth-order valence-electron chi connectivity index (χ4n) is 3.11. The van der Waals surface area contributed by atoms with Gasteiger partial charge in [-0.15, -0.1) is 11.3 Å². The van der Waals surface area contributed by atoms with Crippen molar-refractivity contribution >= 4 is 48.2 Å². The molecule has 2 aromatic carbocycles. The zero-order valence-corrected chi connectivity index (χ0v) is 12.9. The number of aromatic amines is 1. The van der Waals surface area contributed by atoms with Crippen molar-refractivity contribution in [2.24, 2.45) is 0 Å². The van der Waals surface area contributed by atoms with Crippen molar-refractivity contribution in [2.75, 3.05) is 5.73 Å². The van der Waals surface area contributed by atoms with Crippen molar-refractivity contribution in [3.63, 3.8) is 0 Å². The largest absolute Gasteiger partial charge is 0.382 e. The quantitative estimate of drug-likeness (QED) is 0.476. The smallest absolute Gasteiger partial charge is 0.153 e. The van der Waals surface area contributed by atoms with Crippen LogP contribution in [0.4, 0.5) is 5.82 Å². The van der Waals surface area contributed by atoms with Gasteiger partial charge in [-0.1, -0.05) is 24.3 Å². The van der Waals surface area contributed by atoms with Crippen LogP contribution in [0.1, 0.15) is 0 Å². The summed E-state index contributed by atoms with van der Waals surface area (Å²) in [7, 11) is 0. The molecule has 5 rings (SSSR count). The Labute approximate surface area is 135 Å². The number of benzene rings is 2. The van der Waals surface area contributed by atoms with Gasteiger partial charge in [-0.3, -0.25) is 10.1 Å². The number of thiophene rings is 1. The number of rotatable bonds is 1. The van der Waals surface area contributed by atoms with Gasteiger partial charge < -0.3 is 5.73 Å². The van der Waals surface area contributed by atoms with Crippen molar-refractivity contribution in [3.8, 4) is 11.1 Å². The fraction of sp³-hybridized carbons (Fsp3) is 0. The summed E-state index contributed by atoms with van der Waals surface area (Å²) in [5, 5.41) is 10.5. The van der Waals surface area contributed by atoms with E-state index in [0.717, 1.165) is 22.0 Å². The van der Waals surface area contributed by atoms with Crippen molar-refractivity contribution in [1.82, 2.24) is 15.2 Å². The molecule has 110 valence electrons. The minimum absolute atomic E-state index is 0.507. The number of nitrogen functional groups attached to an aromatic ring is 1. The van der Waals surface area contributed by atoms with Crippen molar-refractivity contribution in [2.45, 2.75) is 0 Å². The van der Waals surface area contributed by atoms with E-state index in [1.165, 1.54) is 20.2 Å². The lowest BCUT2D eigenvalue weighted by Gasteiger charge is -2.04. The highest BCUT2D eigenvalue weighted by atomic mass is 32.1. The van der Waals surface area contributed by atoms with E-state index >= 15 is 0 Å². The average molecular weight is 316 g/mol. The highest BCUT2D eigenvalue weighted by molar-refractivity contribution is 7.25. The molecule has 0 aliphatic carbocycles. The minimum atomic E-state index is 0.507. The van der Waals surface area contributed by atoms with E-state index in [2.05, 4.69) is 57.6 Å². The van der Waals surface area contributed by atoms with Crippen molar-refractivity contribution < 1.29 is 0 Å². The summed E-state index contributed by atoms with van der Waals surface area (Å²) in [5.41, 5.74) is 9.00. The molecule has 0 fully saturated rings. The first-order valence-electron chi connectivity index (χ1n) is 7.30. The highest BCUT2D eigenvalue weighted by Crippen LogP contribution is 2.38. The molecular weight excluding hydrogens is 304 g/mol. The van der Waals surface area contributed by atoms with Crippen molar-refractivity contribution in [3.05, 3.63) is 54.9 Å². The Bertz CT molecular complexity index is 1190. The highest BCUT2D eigenvalue weighted by Gasteiger charge is 2.12. The molecule has 0 bridgehead atoms. The van der Waals surface area contributed by atoms with Crippen LogP contribution in [0.25, 0.3) is 42.2 Å². The molecule has 23 heavy (non-hydrogen) atoms. The van der Waals surface area contributed by atoms with Crippen LogP contribution >= 0.6 is 11.3 Å². The number of nitrogens with one attached hydrogen (secondary N) is 1. The van der Waals surface area contributed by atoms with Crippen LogP contribution in [0.15, 0.2) is 54.9 Å². The molecule has 5 heteroatoms. The number of anilines is 1. The second-order valence-electron chi connectivity index (χ2n) is 5.53. The van der Waals surface area contributed by atoms with E-state index < -0.39 is 0 Å². The van der Waals surface area contributed by atoms with Gasteiger partial charge in [0.15, 0.2) is 5.82 Å². The van der Waals surface area contributed by atoms with Crippen LogP contribution in [-0.4, -0.2) is 15.2 Å². The molecule has 3 N–H and O–H groups in total. The van der Waals surface area contributed by atoms with Gasteiger partial charge in [0, 0.05) is 31.9 Å². The van der Waals surface area contributed by atoms with Gasteiger partial charge >= 0.3 is 0 Å². The minimum Gasteiger partial charge on any atom is -0.382 e. The van der Waals surface area contributed by atoms with Crippen LogP contribution in [0, 0.1) is 0 Å². The second-order valence-corrected chi connectivity index (χ2v) is 6.61. The number of fused-ring (bicyclic) bond motifs is 4. The monoisotopic (exact) mass is 316 g/mol. The Balaban J connectivity index is 1.85. The van der Waals surface area contributed by atoms with Gasteiger partial charge in [0.2, 0.25) is 0 Å². The van der Waals surface area contributed by atoms with E-state index in [4.69, 9.17) is 5.73 Å². The fourth-order valence-corrected chi connectivity index (χ4v) is 4.20. The molecule has 0 saturated carbocycles. The Morgan fingerprint density at radius 1 is 0.957 bits per heavy atom.